The first-order valence-electron chi connectivity index (χ1n) is 8.05. The van der Waals surface area contributed by atoms with Crippen molar-refractivity contribution in [2.75, 3.05) is 6.58 Å². The Hall–Kier alpha value is -0.520. The zero-order chi connectivity index (χ0) is 19.7. The summed E-state index contributed by atoms with van der Waals surface area (Å²) in [4.78, 5) is 26.2. The molecule has 0 heterocycles. The van der Waals surface area contributed by atoms with Gasteiger partial charge in [-0.3, -0.25) is 4.52 Å². The maximum atomic E-state index is 11.3. The maximum Gasteiger partial charge on any atom is 0.481 e. The fraction of sp³-hybridized carbons (Fsp3) is 0.600. The molecule has 0 aromatic carbocycles. The van der Waals surface area contributed by atoms with Gasteiger partial charge in [-0.1, -0.05) is 34.9 Å². The molecule has 0 aliphatic carbocycles. The summed E-state index contributed by atoms with van der Waals surface area (Å²) in [5.41, 5.74) is 3.31. The molecule has 0 saturated heterocycles. The van der Waals surface area contributed by atoms with Crippen molar-refractivity contribution < 1.29 is 34.0 Å². The highest BCUT2D eigenvalue weighted by Crippen LogP contribution is 2.57. The van der Waals surface area contributed by atoms with E-state index in [1.165, 1.54) is 17.2 Å². The van der Waals surface area contributed by atoms with Gasteiger partial charge >= 0.3 is 15.6 Å². The van der Waals surface area contributed by atoms with Gasteiger partial charge in [-0.15, -0.1) is 0 Å². The monoisotopic (exact) mass is 383 g/mol. The molecule has 0 radical (unpaired) electrons. The van der Waals surface area contributed by atoms with E-state index >= 15 is 0 Å². The average Bonchev–Trinajstić information content (AvgIpc) is 2.33. The molecule has 9 heteroatoms. The molecule has 0 spiro atoms. The third-order valence-electron chi connectivity index (χ3n) is 2.88. The van der Waals surface area contributed by atoms with Crippen LogP contribution in [0.3, 0.4) is 0 Å². The smallest absolute Gasteiger partial charge is 0.302 e. The van der Waals surface area contributed by atoms with Crippen molar-refractivity contribution in [3.05, 3.63) is 34.9 Å². The lowest BCUT2D eigenvalue weighted by atomic mass is 10.1. The Labute approximate surface area is 145 Å². The Morgan fingerprint density at radius 2 is 1.46 bits per heavy atom. The Bertz CT molecular complexity index is 603. The normalized spacial score (nSPS) is 17.9. The fourth-order valence-electron chi connectivity index (χ4n) is 1.70. The van der Waals surface area contributed by atoms with Crippen LogP contribution in [0, 0.1) is 0 Å². The van der Waals surface area contributed by atoms with Crippen LogP contribution in [0.1, 0.15) is 54.7 Å². The van der Waals surface area contributed by atoms with E-state index < -0.39 is 22.2 Å². The molecule has 0 aliphatic rings. The van der Waals surface area contributed by atoms with E-state index in [1.54, 1.807) is 6.92 Å². The molecule has 3 N–H and O–H groups in total. The van der Waals surface area contributed by atoms with Crippen molar-refractivity contribution in [2.24, 2.45) is 0 Å². The predicted octanol–water partition coefficient (Wildman–Crippen LogP) is 4.63. The fourth-order valence-corrected chi connectivity index (χ4v) is 3.14. The minimum atomic E-state index is -5.18. The summed E-state index contributed by atoms with van der Waals surface area (Å²) in [6, 6.07) is 0. The Morgan fingerprint density at radius 3 is 1.96 bits per heavy atom. The van der Waals surface area contributed by atoms with E-state index in [2.05, 4.69) is 41.8 Å². The molecule has 7 nitrogen and oxygen atoms in total. The van der Waals surface area contributed by atoms with Crippen LogP contribution in [0.5, 0.6) is 0 Å². The molecule has 24 heavy (non-hydrogen) atoms. The highest BCUT2D eigenvalue weighted by molar-refractivity contribution is 7.60. The van der Waals surface area contributed by atoms with E-state index in [0.717, 1.165) is 24.8 Å². The van der Waals surface area contributed by atoms with Gasteiger partial charge in [-0.25, -0.2) is 9.13 Å². The van der Waals surface area contributed by atoms with E-state index in [0.29, 0.717) is 6.42 Å². The summed E-state index contributed by atoms with van der Waals surface area (Å²) < 4.78 is 37.4. The van der Waals surface area contributed by atoms with Gasteiger partial charge in [0.2, 0.25) is 0 Å². The minimum Gasteiger partial charge on any atom is -0.302 e. The topological polar surface area (TPSA) is 113 Å². The molecule has 0 saturated carbocycles. The van der Waals surface area contributed by atoms with Gasteiger partial charge in [0.15, 0.2) is 0 Å². The van der Waals surface area contributed by atoms with Gasteiger partial charge in [-0.2, -0.15) is 4.31 Å². The van der Waals surface area contributed by atoms with Crippen molar-refractivity contribution in [1.82, 2.24) is 0 Å². The molecule has 140 valence electrons. The van der Waals surface area contributed by atoms with Crippen molar-refractivity contribution in [3.63, 3.8) is 0 Å². The number of rotatable bonds is 11. The lowest BCUT2D eigenvalue weighted by Gasteiger charge is -2.11. The van der Waals surface area contributed by atoms with Crippen LogP contribution < -0.4 is 0 Å². The van der Waals surface area contributed by atoms with Crippen molar-refractivity contribution in [1.29, 1.82) is 0 Å². The number of allylic oxidation sites excluding steroid dienone is 5. The molecule has 0 fully saturated rings. The summed E-state index contributed by atoms with van der Waals surface area (Å²) in [5.74, 6) is 0. The zero-order valence-electron chi connectivity index (χ0n) is 15.5. The van der Waals surface area contributed by atoms with Gasteiger partial charge in [0.05, 0.1) is 7.95 Å². The van der Waals surface area contributed by atoms with Crippen molar-refractivity contribution in [2.45, 2.75) is 53.4 Å². The molecular weight excluding hydrogens is 354 g/mol. The summed E-state index contributed by atoms with van der Waals surface area (Å²) in [5, 5.41) is 0. The first-order valence-corrected chi connectivity index (χ1v) is 10.5. The van der Waals surface area contributed by atoms with Crippen molar-refractivity contribution in [3.8, 4) is 0 Å². The van der Waals surface area contributed by atoms with Crippen molar-refractivity contribution >= 4 is 15.6 Å². The standard InChI is InChI=1S/C15H28O7P2/c1-13(2)7-5-8-14(3)9-6-10-15(4)11-12-21-24(19,20)22-23(16,17)18/h7,9,11H,5-6,8,10,12H2,1-4H3,(H,19,20)(H2,16,17,18)/i12D. The summed E-state index contributed by atoms with van der Waals surface area (Å²) >= 11 is 0. The molecule has 2 atom stereocenters. The maximum absolute atomic E-state index is 11.3. The van der Waals surface area contributed by atoms with Crippen LogP contribution in [0.2, 0.25) is 0 Å². The molecular formula is C15H28O7P2. The molecule has 0 amide bonds. The summed E-state index contributed by atoms with van der Waals surface area (Å²) in [6.45, 7) is 6.34. The quantitative estimate of drug-likeness (QED) is 0.352. The van der Waals surface area contributed by atoms with E-state index in [1.807, 2.05) is 0 Å². The Balaban J connectivity index is 4.41. The first-order chi connectivity index (χ1) is 11.3. The van der Waals surface area contributed by atoms with Crippen LogP contribution >= 0.6 is 15.6 Å². The summed E-state index contributed by atoms with van der Waals surface area (Å²) in [7, 11) is -10.2. The Kier molecular flexibility index (Phi) is 10.0. The van der Waals surface area contributed by atoms with E-state index in [9.17, 15) is 9.13 Å². The van der Waals surface area contributed by atoms with Gasteiger partial charge < -0.3 is 14.7 Å². The molecule has 0 aromatic rings. The van der Waals surface area contributed by atoms with Gasteiger partial charge in [0.1, 0.15) is 0 Å². The molecule has 0 aliphatic heterocycles. The van der Waals surface area contributed by atoms with Crippen LogP contribution in [0.25, 0.3) is 0 Å². The van der Waals surface area contributed by atoms with Crippen LogP contribution in [0.4, 0.5) is 0 Å². The van der Waals surface area contributed by atoms with Crippen LogP contribution in [-0.2, 0) is 18.0 Å². The van der Waals surface area contributed by atoms with E-state index in [-0.39, 0.29) is 0 Å². The highest BCUT2D eigenvalue weighted by Gasteiger charge is 2.31. The predicted molar refractivity (Wildman–Crippen MR) is 94.3 cm³/mol. The Morgan fingerprint density at radius 1 is 0.958 bits per heavy atom. The second-order valence-corrected chi connectivity index (χ2v) is 8.49. The number of phosphoric acid groups is 2. The number of hydrogen-bond acceptors (Lipinski definition) is 4. The molecule has 0 bridgehead atoms. The van der Waals surface area contributed by atoms with Gasteiger partial charge in [0.25, 0.3) is 0 Å². The van der Waals surface area contributed by atoms with E-state index in [4.69, 9.17) is 16.1 Å². The van der Waals surface area contributed by atoms with Gasteiger partial charge in [-0.05, 0) is 53.4 Å². The number of phosphoric ester groups is 1. The molecule has 2 unspecified atom stereocenters. The zero-order valence-corrected chi connectivity index (χ0v) is 16.3. The largest absolute Gasteiger partial charge is 0.481 e. The minimum absolute atomic E-state index is 0.633. The molecule has 0 rings (SSSR count). The molecule has 0 aromatic heterocycles. The third kappa shape index (κ3) is 15.0. The third-order valence-corrected chi connectivity index (χ3v) is 4.94. The van der Waals surface area contributed by atoms with Crippen LogP contribution in [0.15, 0.2) is 34.9 Å². The lowest BCUT2D eigenvalue weighted by Crippen LogP contribution is -1.94. The van der Waals surface area contributed by atoms with Gasteiger partial charge in [0, 0.05) is 0 Å². The summed E-state index contributed by atoms with van der Waals surface area (Å²) in [6.07, 6.45) is 8.93. The first kappa shape index (κ1) is 21.5. The highest BCUT2D eigenvalue weighted by atomic mass is 31.3. The second-order valence-electron chi connectivity index (χ2n) is 5.70. The lowest BCUT2D eigenvalue weighted by molar-refractivity contribution is 0.191. The average molecular weight is 383 g/mol. The SMILES string of the molecule is [2H]C(C=C(C)CCC=C(C)CCC=C(C)C)OP(=O)(O)OP(=O)(O)O. The second kappa shape index (κ2) is 11.2. The number of hydrogen-bond donors (Lipinski definition) is 3. The van der Waals surface area contributed by atoms with Crippen LogP contribution in [-0.4, -0.2) is 21.3 Å².